The van der Waals surface area contributed by atoms with E-state index in [1.807, 2.05) is 37.3 Å². The van der Waals surface area contributed by atoms with Crippen LogP contribution in [0.1, 0.15) is 34.8 Å². The molecule has 0 aliphatic rings. The zero-order valence-electron chi connectivity index (χ0n) is 12.6. The second-order valence-electron chi connectivity index (χ2n) is 5.23. The summed E-state index contributed by atoms with van der Waals surface area (Å²) in [6.07, 6.45) is 3.25. The molecule has 5 nitrogen and oxygen atoms in total. The molecule has 0 spiro atoms. The predicted octanol–water partition coefficient (Wildman–Crippen LogP) is 3.67. The number of furan rings is 1. The average molecular weight is 330 g/mol. The molecule has 3 rings (SSSR count). The highest BCUT2D eigenvalue weighted by molar-refractivity contribution is 6.30. The van der Waals surface area contributed by atoms with Gasteiger partial charge in [-0.25, -0.2) is 0 Å². The van der Waals surface area contributed by atoms with Gasteiger partial charge < -0.3 is 9.73 Å². The smallest absolute Gasteiger partial charge is 0.287 e. The van der Waals surface area contributed by atoms with Gasteiger partial charge in [0.25, 0.3) is 5.91 Å². The Morgan fingerprint density at radius 3 is 2.78 bits per heavy atom. The molecule has 2 heterocycles. The second kappa shape index (κ2) is 6.71. The molecule has 1 unspecified atom stereocenters. The van der Waals surface area contributed by atoms with Crippen molar-refractivity contribution in [1.29, 1.82) is 0 Å². The molecular formula is C17H16ClN3O2. The fourth-order valence-electron chi connectivity index (χ4n) is 2.26. The molecule has 6 heteroatoms. The molecule has 118 valence electrons. The van der Waals surface area contributed by atoms with E-state index in [9.17, 15) is 4.79 Å². The lowest BCUT2D eigenvalue weighted by Gasteiger charge is -2.13. The maximum Gasteiger partial charge on any atom is 0.287 e. The standard InChI is InChI=1S/C17H16ClN3O2/c1-12(13-5-3-2-4-6-13)20-17(22)16-8-7-15(23-16)11-21-10-14(18)9-19-21/h2-10,12H,11H2,1H3,(H,20,22). The fraction of sp³-hybridized carbons (Fsp3) is 0.176. The van der Waals surface area contributed by atoms with Crippen LogP contribution in [0.3, 0.4) is 0 Å². The summed E-state index contributed by atoms with van der Waals surface area (Å²) >= 11 is 5.82. The van der Waals surface area contributed by atoms with Crippen LogP contribution in [0.15, 0.2) is 59.3 Å². The molecule has 23 heavy (non-hydrogen) atoms. The maximum absolute atomic E-state index is 12.2. The van der Waals surface area contributed by atoms with Crippen LogP contribution in [0, 0.1) is 0 Å². The Morgan fingerprint density at radius 2 is 2.09 bits per heavy atom. The fourth-order valence-corrected chi connectivity index (χ4v) is 2.42. The first kappa shape index (κ1) is 15.4. The van der Waals surface area contributed by atoms with E-state index in [-0.39, 0.29) is 17.7 Å². The van der Waals surface area contributed by atoms with Crippen LogP contribution in [0.2, 0.25) is 5.02 Å². The number of hydrogen-bond donors (Lipinski definition) is 1. The number of hydrogen-bond acceptors (Lipinski definition) is 3. The zero-order chi connectivity index (χ0) is 16.2. The number of carbonyl (C=O) groups excluding carboxylic acids is 1. The van der Waals surface area contributed by atoms with Crippen LogP contribution in [0.4, 0.5) is 0 Å². The third-order valence-corrected chi connectivity index (χ3v) is 3.65. The van der Waals surface area contributed by atoms with E-state index in [1.165, 1.54) is 0 Å². The van der Waals surface area contributed by atoms with Crippen molar-refractivity contribution in [2.45, 2.75) is 19.5 Å². The van der Waals surface area contributed by atoms with Gasteiger partial charge >= 0.3 is 0 Å². The largest absolute Gasteiger partial charge is 0.454 e. The Bertz CT molecular complexity index is 795. The Balaban J connectivity index is 1.64. The van der Waals surface area contributed by atoms with Crippen molar-refractivity contribution in [1.82, 2.24) is 15.1 Å². The molecular weight excluding hydrogens is 314 g/mol. The molecule has 0 aliphatic heterocycles. The minimum atomic E-state index is -0.244. The van der Waals surface area contributed by atoms with Gasteiger partial charge in [0.05, 0.1) is 23.8 Å². The van der Waals surface area contributed by atoms with Gasteiger partial charge in [-0.15, -0.1) is 0 Å². The molecule has 0 saturated heterocycles. The van der Waals surface area contributed by atoms with Crippen molar-refractivity contribution in [3.63, 3.8) is 0 Å². The third-order valence-electron chi connectivity index (χ3n) is 3.45. The third kappa shape index (κ3) is 3.81. The Labute approximate surface area is 138 Å². The molecule has 0 fully saturated rings. The summed E-state index contributed by atoms with van der Waals surface area (Å²) in [6.45, 7) is 2.36. The first-order chi connectivity index (χ1) is 11.1. The molecule has 3 aromatic rings. The number of aromatic nitrogens is 2. The van der Waals surface area contributed by atoms with E-state index >= 15 is 0 Å². The first-order valence-electron chi connectivity index (χ1n) is 7.24. The molecule has 1 amide bonds. The lowest BCUT2D eigenvalue weighted by atomic mass is 10.1. The van der Waals surface area contributed by atoms with E-state index in [1.54, 1.807) is 29.2 Å². The number of carbonyl (C=O) groups is 1. The van der Waals surface area contributed by atoms with Crippen molar-refractivity contribution in [2.24, 2.45) is 0 Å². The van der Waals surface area contributed by atoms with Crippen molar-refractivity contribution < 1.29 is 9.21 Å². The average Bonchev–Trinajstić information content (AvgIpc) is 3.18. The summed E-state index contributed by atoms with van der Waals surface area (Å²) in [4.78, 5) is 12.2. The minimum absolute atomic E-state index is 0.0952. The van der Waals surface area contributed by atoms with Crippen molar-refractivity contribution in [2.75, 3.05) is 0 Å². The Morgan fingerprint density at radius 1 is 1.30 bits per heavy atom. The SMILES string of the molecule is CC(NC(=O)c1ccc(Cn2cc(Cl)cn2)o1)c1ccccc1. The summed E-state index contributed by atoms with van der Waals surface area (Å²) in [5.74, 6) is 0.675. The van der Waals surface area contributed by atoms with Gasteiger partial charge in [-0.2, -0.15) is 5.10 Å². The van der Waals surface area contributed by atoms with Crippen LogP contribution >= 0.6 is 11.6 Å². The Hall–Kier alpha value is -2.53. The maximum atomic E-state index is 12.2. The highest BCUT2D eigenvalue weighted by Crippen LogP contribution is 2.15. The van der Waals surface area contributed by atoms with Crippen LogP contribution in [0.25, 0.3) is 0 Å². The van der Waals surface area contributed by atoms with Gasteiger partial charge in [-0.3, -0.25) is 9.48 Å². The van der Waals surface area contributed by atoms with Crippen LogP contribution in [-0.2, 0) is 6.54 Å². The lowest BCUT2D eigenvalue weighted by molar-refractivity contribution is 0.0909. The minimum Gasteiger partial charge on any atom is -0.454 e. The molecule has 0 bridgehead atoms. The molecule has 0 radical (unpaired) electrons. The second-order valence-corrected chi connectivity index (χ2v) is 5.66. The van der Waals surface area contributed by atoms with Gasteiger partial charge in [0.2, 0.25) is 0 Å². The highest BCUT2D eigenvalue weighted by Gasteiger charge is 2.15. The number of nitrogens with zero attached hydrogens (tertiary/aromatic N) is 2. The van der Waals surface area contributed by atoms with E-state index in [4.69, 9.17) is 16.0 Å². The van der Waals surface area contributed by atoms with Crippen LogP contribution < -0.4 is 5.32 Å². The Kier molecular flexibility index (Phi) is 4.48. The number of nitrogens with one attached hydrogen (secondary N) is 1. The summed E-state index contributed by atoms with van der Waals surface area (Å²) in [5, 5.41) is 7.56. The molecule has 2 aromatic heterocycles. The van der Waals surface area contributed by atoms with Gasteiger partial charge in [0.1, 0.15) is 5.76 Å². The van der Waals surface area contributed by atoms with E-state index in [0.29, 0.717) is 17.3 Å². The monoisotopic (exact) mass is 329 g/mol. The molecule has 0 saturated carbocycles. The summed E-state index contributed by atoms with van der Waals surface area (Å²) < 4.78 is 7.23. The van der Waals surface area contributed by atoms with Gasteiger partial charge in [0, 0.05) is 6.20 Å². The highest BCUT2D eigenvalue weighted by atomic mass is 35.5. The summed E-state index contributed by atoms with van der Waals surface area (Å²) in [6, 6.07) is 13.1. The van der Waals surface area contributed by atoms with E-state index < -0.39 is 0 Å². The molecule has 0 aliphatic carbocycles. The van der Waals surface area contributed by atoms with Gasteiger partial charge in [-0.1, -0.05) is 41.9 Å². The van der Waals surface area contributed by atoms with Crippen molar-refractivity contribution >= 4 is 17.5 Å². The molecule has 1 atom stereocenters. The summed E-state index contributed by atoms with van der Waals surface area (Å²) in [5.41, 5.74) is 1.04. The first-order valence-corrected chi connectivity index (χ1v) is 7.62. The van der Waals surface area contributed by atoms with Crippen LogP contribution in [0.5, 0.6) is 0 Å². The van der Waals surface area contributed by atoms with Gasteiger partial charge in [0.15, 0.2) is 5.76 Å². The van der Waals surface area contributed by atoms with Crippen molar-refractivity contribution in [3.8, 4) is 0 Å². The number of benzene rings is 1. The quantitative estimate of drug-likeness (QED) is 0.777. The predicted molar refractivity (Wildman–Crippen MR) is 87.4 cm³/mol. The van der Waals surface area contributed by atoms with E-state index in [2.05, 4.69) is 10.4 Å². The number of halogens is 1. The van der Waals surface area contributed by atoms with Crippen LogP contribution in [-0.4, -0.2) is 15.7 Å². The number of rotatable bonds is 5. The molecule has 1 aromatic carbocycles. The lowest BCUT2D eigenvalue weighted by Crippen LogP contribution is -2.26. The normalized spacial score (nSPS) is 12.1. The van der Waals surface area contributed by atoms with Gasteiger partial charge in [-0.05, 0) is 24.6 Å². The topological polar surface area (TPSA) is 60.1 Å². The summed E-state index contributed by atoms with van der Waals surface area (Å²) in [7, 11) is 0. The number of amides is 1. The van der Waals surface area contributed by atoms with Crippen molar-refractivity contribution in [3.05, 3.63) is 77.0 Å². The zero-order valence-corrected chi connectivity index (χ0v) is 13.3. The molecule has 1 N–H and O–H groups in total. The van der Waals surface area contributed by atoms with E-state index in [0.717, 1.165) is 5.56 Å².